The summed E-state index contributed by atoms with van der Waals surface area (Å²) in [6, 6.07) is 0. The van der Waals surface area contributed by atoms with Crippen molar-refractivity contribution < 1.29 is 0 Å². The van der Waals surface area contributed by atoms with E-state index in [2.05, 4.69) is 13.8 Å². The molecule has 0 saturated heterocycles. The first-order valence-corrected chi connectivity index (χ1v) is 7.86. The first-order valence-electron chi connectivity index (χ1n) is 6.23. The normalized spacial score (nSPS) is 10.0. The first-order chi connectivity index (χ1) is 6.41. The molecule has 76 valence electrons. The van der Waals surface area contributed by atoms with E-state index in [0.29, 0.717) is 0 Å². The Hall–Kier alpha value is 0.532. The molecule has 13 heavy (non-hydrogen) atoms. The second kappa shape index (κ2) is 12.5. The standard InChI is InChI=1S/C10H21.C2H5.Al/c1-3-5-7-9-10-8-6-4-2;1-2;/h1,3-10H2,2H3;1H2,2H3;/q;;+1. The third kappa shape index (κ3) is 12.5. The molecule has 0 rings (SSSR count). The molecule has 0 aliphatic carbocycles. The van der Waals surface area contributed by atoms with E-state index in [9.17, 15) is 0 Å². The molecule has 0 atom stereocenters. The Morgan fingerprint density at radius 2 is 1.23 bits per heavy atom. The van der Waals surface area contributed by atoms with Crippen molar-refractivity contribution in [1.82, 2.24) is 0 Å². The Morgan fingerprint density at radius 1 is 0.692 bits per heavy atom. The third-order valence-corrected chi connectivity index (χ3v) is 3.94. The SMILES string of the molecule is CCCCCCCCC[CH2][Al+][CH2]C. The molecule has 0 fully saturated rings. The van der Waals surface area contributed by atoms with Gasteiger partial charge in [0.1, 0.15) is 0 Å². The van der Waals surface area contributed by atoms with Crippen molar-refractivity contribution in [2.45, 2.75) is 75.8 Å². The molecule has 0 heterocycles. The van der Waals surface area contributed by atoms with Crippen LogP contribution in [0.3, 0.4) is 0 Å². The summed E-state index contributed by atoms with van der Waals surface area (Å²) in [5, 5.41) is 3.00. The van der Waals surface area contributed by atoms with Crippen LogP contribution in [-0.4, -0.2) is 15.2 Å². The van der Waals surface area contributed by atoms with Crippen molar-refractivity contribution in [3.8, 4) is 0 Å². The zero-order valence-electron chi connectivity index (χ0n) is 9.65. The van der Waals surface area contributed by atoms with Crippen molar-refractivity contribution >= 4 is 15.2 Å². The summed E-state index contributed by atoms with van der Waals surface area (Å²) < 4.78 is 0. The van der Waals surface area contributed by atoms with Crippen molar-refractivity contribution in [3.63, 3.8) is 0 Å². The molecule has 0 radical (unpaired) electrons. The summed E-state index contributed by atoms with van der Waals surface area (Å²) in [6.07, 6.45) is 11.8. The number of hydrogen-bond donors (Lipinski definition) is 0. The fourth-order valence-electron chi connectivity index (χ4n) is 1.63. The van der Waals surface area contributed by atoms with E-state index in [4.69, 9.17) is 0 Å². The van der Waals surface area contributed by atoms with Gasteiger partial charge >= 0.3 is 91.0 Å². The predicted molar refractivity (Wildman–Crippen MR) is 63.7 cm³/mol. The average Bonchev–Trinajstić information content (AvgIpc) is 2.16. The van der Waals surface area contributed by atoms with Crippen molar-refractivity contribution in [3.05, 3.63) is 0 Å². The third-order valence-electron chi connectivity index (χ3n) is 2.55. The van der Waals surface area contributed by atoms with Gasteiger partial charge in [-0.05, 0) is 0 Å². The summed E-state index contributed by atoms with van der Waals surface area (Å²) in [5.41, 5.74) is 0. The van der Waals surface area contributed by atoms with Gasteiger partial charge in [-0.2, -0.15) is 0 Å². The van der Waals surface area contributed by atoms with Crippen molar-refractivity contribution in [2.75, 3.05) is 0 Å². The van der Waals surface area contributed by atoms with Gasteiger partial charge in [0.2, 0.25) is 0 Å². The van der Waals surface area contributed by atoms with Crippen LogP contribution in [0.4, 0.5) is 0 Å². The van der Waals surface area contributed by atoms with Crippen molar-refractivity contribution in [2.24, 2.45) is 0 Å². The Morgan fingerprint density at radius 3 is 1.77 bits per heavy atom. The van der Waals surface area contributed by atoms with Crippen LogP contribution in [0.25, 0.3) is 0 Å². The van der Waals surface area contributed by atoms with Crippen molar-refractivity contribution in [1.29, 1.82) is 0 Å². The molecule has 0 aliphatic rings. The minimum absolute atomic E-state index is 0.801. The van der Waals surface area contributed by atoms with Gasteiger partial charge < -0.3 is 0 Å². The molecule has 0 N–H and O–H groups in total. The van der Waals surface area contributed by atoms with Gasteiger partial charge in [-0.15, -0.1) is 0 Å². The molecule has 0 aromatic rings. The topological polar surface area (TPSA) is 0 Å². The molecule has 0 nitrogen and oxygen atoms in total. The van der Waals surface area contributed by atoms with Crippen LogP contribution < -0.4 is 0 Å². The van der Waals surface area contributed by atoms with E-state index in [1.807, 2.05) is 0 Å². The van der Waals surface area contributed by atoms with Gasteiger partial charge in [0.25, 0.3) is 0 Å². The zero-order chi connectivity index (χ0) is 9.78. The minimum atomic E-state index is 0.801. The van der Waals surface area contributed by atoms with E-state index >= 15 is 0 Å². The van der Waals surface area contributed by atoms with Crippen LogP contribution >= 0.6 is 0 Å². The number of hydrogen-bond acceptors (Lipinski definition) is 0. The van der Waals surface area contributed by atoms with Gasteiger partial charge in [-0.1, -0.05) is 0 Å². The second-order valence-corrected chi connectivity index (χ2v) is 5.93. The molecule has 0 spiro atoms. The summed E-state index contributed by atoms with van der Waals surface area (Å²) in [4.78, 5) is 0. The average molecular weight is 197 g/mol. The second-order valence-electron chi connectivity index (χ2n) is 3.96. The van der Waals surface area contributed by atoms with E-state index in [1.54, 1.807) is 5.28 Å². The summed E-state index contributed by atoms with van der Waals surface area (Å²) in [5.74, 6) is 0. The maximum absolute atomic E-state index is 2.32. The molecule has 0 aromatic carbocycles. The Bertz CT molecular complexity index is 71.2. The Balaban J connectivity index is 2.76. The zero-order valence-corrected chi connectivity index (χ0v) is 10.8. The van der Waals surface area contributed by atoms with Crippen LogP contribution in [0.15, 0.2) is 0 Å². The van der Waals surface area contributed by atoms with Crippen LogP contribution in [0.5, 0.6) is 0 Å². The van der Waals surface area contributed by atoms with Crippen LogP contribution in [0, 0.1) is 0 Å². The van der Waals surface area contributed by atoms with Crippen LogP contribution in [0.1, 0.15) is 65.2 Å². The van der Waals surface area contributed by atoms with E-state index in [-0.39, 0.29) is 0 Å². The first kappa shape index (κ1) is 13.5. The van der Waals surface area contributed by atoms with E-state index in [0.717, 1.165) is 15.2 Å². The van der Waals surface area contributed by atoms with Gasteiger partial charge in [0.15, 0.2) is 0 Å². The molecule has 1 heteroatoms. The Labute approximate surface area is 91.2 Å². The molecule has 0 aromatic heterocycles. The van der Waals surface area contributed by atoms with E-state index in [1.165, 1.54) is 56.6 Å². The number of unbranched alkanes of at least 4 members (excludes halogenated alkanes) is 7. The molecule has 0 saturated carbocycles. The molecule has 0 bridgehead atoms. The maximum atomic E-state index is 2.32. The fourth-order valence-corrected chi connectivity index (χ4v) is 2.61. The molecular formula is C12H26Al+. The fraction of sp³-hybridized carbons (Fsp3) is 1.00. The van der Waals surface area contributed by atoms with Crippen LogP contribution in [0.2, 0.25) is 10.6 Å². The molecule has 0 unspecified atom stereocenters. The number of rotatable bonds is 10. The Kier molecular flexibility index (Phi) is 13.0. The molecule has 0 amide bonds. The van der Waals surface area contributed by atoms with Gasteiger partial charge in [0, 0.05) is 0 Å². The van der Waals surface area contributed by atoms with E-state index < -0.39 is 0 Å². The molecule has 0 aliphatic heterocycles. The summed E-state index contributed by atoms with van der Waals surface area (Å²) >= 11 is 0.801. The summed E-state index contributed by atoms with van der Waals surface area (Å²) in [6.45, 7) is 4.60. The molecular weight excluding hydrogens is 171 g/mol. The van der Waals surface area contributed by atoms with Gasteiger partial charge in [-0.3, -0.25) is 0 Å². The van der Waals surface area contributed by atoms with Gasteiger partial charge in [-0.25, -0.2) is 0 Å². The van der Waals surface area contributed by atoms with Gasteiger partial charge in [0.05, 0.1) is 0 Å². The quantitative estimate of drug-likeness (QED) is 0.352. The summed E-state index contributed by atoms with van der Waals surface area (Å²) in [7, 11) is 0. The van der Waals surface area contributed by atoms with Crippen LogP contribution in [-0.2, 0) is 0 Å². The monoisotopic (exact) mass is 197 g/mol. The predicted octanol–water partition coefficient (Wildman–Crippen LogP) is 4.69.